The zero-order valence-corrected chi connectivity index (χ0v) is 12.1. The van der Waals surface area contributed by atoms with Crippen molar-refractivity contribution in [1.82, 2.24) is 15.6 Å². The third-order valence-corrected chi connectivity index (χ3v) is 2.86. The van der Waals surface area contributed by atoms with E-state index in [2.05, 4.69) is 33.6 Å². The van der Waals surface area contributed by atoms with Crippen molar-refractivity contribution in [3.05, 3.63) is 29.6 Å². The van der Waals surface area contributed by atoms with Gasteiger partial charge in [-0.3, -0.25) is 9.98 Å². The van der Waals surface area contributed by atoms with Crippen molar-refractivity contribution in [2.45, 2.75) is 19.8 Å². The monoisotopic (exact) mass is 264 g/mol. The standard InChI is InChI=1S/C14H24N4O/c1-12-11-16-8-5-13(12)6-9-18-14(15-2)17-7-4-10-19-3/h5,8,11H,4,6-7,9-10H2,1-3H3,(H2,15,17,18). The molecule has 106 valence electrons. The minimum atomic E-state index is 0.764. The van der Waals surface area contributed by atoms with Crippen molar-refractivity contribution in [2.75, 3.05) is 33.9 Å². The van der Waals surface area contributed by atoms with Gasteiger partial charge in [-0.05, 0) is 37.0 Å². The SMILES string of the molecule is CN=C(NCCCOC)NCCc1ccncc1C. The number of methoxy groups -OCH3 is 1. The van der Waals surface area contributed by atoms with Crippen LogP contribution in [0.1, 0.15) is 17.5 Å². The van der Waals surface area contributed by atoms with Crippen molar-refractivity contribution in [3.63, 3.8) is 0 Å². The molecule has 0 aliphatic heterocycles. The number of nitrogens with zero attached hydrogens (tertiary/aromatic N) is 2. The molecular formula is C14H24N4O. The Morgan fingerprint density at radius 1 is 1.37 bits per heavy atom. The lowest BCUT2D eigenvalue weighted by atomic mass is 10.1. The Bertz CT molecular complexity index is 393. The van der Waals surface area contributed by atoms with Gasteiger partial charge in [-0.1, -0.05) is 0 Å². The zero-order chi connectivity index (χ0) is 13.9. The van der Waals surface area contributed by atoms with Gasteiger partial charge in [-0.15, -0.1) is 0 Å². The third kappa shape index (κ3) is 6.20. The van der Waals surface area contributed by atoms with Crippen LogP contribution in [0, 0.1) is 6.92 Å². The molecule has 0 fully saturated rings. The molecule has 1 aromatic rings. The first kappa shape index (κ1) is 15.4. The molecule has 5 nitrogen and oxygen atoms in total. The molecule has 0 saturated heterocycles. The fraction of sp³-hybridized carbons (Fsp3) is 0.571. The zero-order valence-electron chi connectivity index (χ0n) is 12.1. The molecule has 2 N–H and O–H groups in total. The Labute approximate surface area is 115 Å². The van der Waals surface area contributed by atoms with Gasteiger partial charge >= 0.3 is 0 Å². The van der Waals surface area contributed by atoms with Gasteiger partial charge < -0.3 is 15.4 Å². The van der Waals surface area contributed by atoms with Crippen LogP contribution in [0.4, 0.5) is 0 Å². The van der Waals surface area contributed by atoms with E-state index in [9.17, 15) is 0 Å². The molecule has 0 atom stereocenters. The first-order valence-corrected chi connectivity index (χ1v) is 6.61. The fourth-order valence-electron chi connectivity index (χ4n) is 1.74. The normalized spacial score (nSPS) is 11.4. The summed E-state index contributed by atoms with van der Waals surface area (Å²) in [7, 11) is 3.49. The minimum absolute atomic E-state index is 0.764. The van der Waals surface area contributed by atoms with Gasteiger partial charge in [-0.2, -0.15) is 0 Å². The van der Waals surface area contributed by atoms with Gasteiger partial charge in [0.15, 0.2) is 5.96 Å². The molecule has 1 heterocycles. The number of nitrogens with one attached hydrogen (secondary N) is 2. The highest BCUT2D eigenvalue weighted by atomic mass is 16.5. The summed E-state index contributed by atoms with van der Waals surface area (Å²) >= 11 is 0. The Morgan fingerprint density at radius 3 is 2.84 bits per heavy atom. The summed E-state index contributed by atoms with van der Waals surface area (Å²) in [6.45, 7) is 4.57. The number of aromatic nitrogens is 1. The van der Waals surface area contributed by atoms with Crippen LogP contribution in [0.25, 0.3) is 0 Å². The third-order valence-electron chi connectivity index (χ3n) is 2.86. The smallest absolute Gasteiger partial charge is 0.190 e. The lowest BCUT2D eigenvalue weighted by molar-refractivity contribution is 0.195. The van der Waals surface area contributed by atoms with E-state index in [1.807, 2.05) is 12.4 Å². The Balaban J connectivity index is 2.25. The van der Waals surface area contributed by atoms with E-state index in [0.29, 0.717) is 0 Å². The minimum Gasteiger partial charge on any atom is -0.385 e. The van der Waals surface area contributed by atoms with E-state index < -0.39 is 0 Å². The van der Waals surface area contributed by atoms with Crippen LogP contribution in [-0.2, 0) is 11.2 Å². The van der Waals surface area contributed by atoms with Gasteiger partial charge in [0.25, 0.3) is 0 Å². The summed E-state index contributed by atoms with van der Waals surface area (Å²) in [5, 5.41) is 6.55. The van der Waals surface area contributed by atoms with Crippen molar-refractivity contribution in [1.29, 1.82) is 0 Å². The Morgan fingerprint density at radius 2 is 2.16 bits per heavy atom. The van der Waals surface area contributed by atoms with Crippen LogP contribution in [0.5, 0.6) is 0 Å². The van der Waals surface area contributed by atoms with Crippen LogP contribution in [0.2, 0.25) is 0 Å². The molecule has 1 aromatic heterocycles. The largest absolute Gasteiger partial charge is 0.385 e. The van der Waals surface area contributed by atoms with Crippen molar-refractivity contribution >= 4 is 5.96 Å². The molecule has 0 aliphatic rings. The Hall–Kier alpha value is -1.62. The van der Waals surface area contributed by atoms with E-state index in [0.717, 1.165) is 38.5 Å². The lowest BCUT2D eigenvalue weighted by Crippen LogP contribution is -2.39. The molecule has 0 amide bonds. The second-order valence-corrected chi connectivity index (χ2v) is 4.32. The highest BCUT2D eigenvalue weighted by Crippen LogP contribution is 2.04. The van der Waals surface area contributed by atoms with E-state index >= 15 is 0 Å². The fourth-order valence-corrected chi connectivity index (χ4v) is 1.74. The first-order chi connectivity index (χ1) is 9.27. The van der Waals surface area contributed by atoms with Gasteiger partial charge in [-0.25, -0.2) is 0 Å². The van der Waals surface area contributed by atoms with E-state index in [4.69, 9.17) is 4.74 Å². The predicted molar refractivity (Wildman–Crippen MR) is 78.5 cm³/mol. The summed E-state index contributed by atoms with van der Waals surface area (Å²) in [6.07, 6.45) is 5.67. The van der Waals surface area contributed by atoms with Gasteiger partial charge in [0.05, 0.1) is 0 Å². The highest BCUT2D eigenvalue weighted by Gasteiger charge is 1.99. The molecule has 1 rings (SSSR count). The number of hydrogen-bond acceptors (Lipinski definition) is 3. The van der Waals surface area contributed by atoms with Crippen molar-refractivity contribution < 1.29 is 4.74 Å². The maximum absolute atomic E-state index is 5.00. The topological polar surface area (TPSA) is 58.5 Å². The highest BCUT2D eigenvalue weighted by molar-refractivity contribution is 5.79. The molecule has 0 radical (unpaired) electrons. The summed E-state index contributed by atoms with van der Waals surface area (Å²) in [5.74, 6) is 0.836. The second kappa shape index (κ2) is 9.33. The second-order valence-electron chi connectivity index (χ2n) is 4.32. The maximum Gasteiger partial charge on any atom is 0.190 e. The van der Waals surface area contributed by atoms with Crippen LogP contribution < -0.4 is 10.6 Å². The summed E-state index contributed by atoms with van der Waals surface area (Å²) < 4.78 is 5.00. The molecule has 0 aliphatic carbocycles. The summed E-state index contributed by atoms with van der Waals surface area (Å²) in [5.41, 5.74) is 2.55. The number of aliphatic imine (C=N–C) groups is 1. The first-order valence-electron chi connectivity index (χ1n) is 6.61. The van der Waals surface area contributed by atoms with Crippen LogP contribution in [-0.4, -0.2) is 44.8 Å². The number of pyridine rings is 1. The van der Waals surface area contributed by atoms with E-state index in [-0.39, 0.29) is 0 Å². The van der Waals surface area contributed by atoms with Gasteiger partial charge in [0.1, 0.15) is 0 Å². The van der Waals surface area contributed by atoms with Crippen LogP contribution >= 0.6 is 0 Å². The lowest BCUT2D eigenvalue weighted by Gasteiger charge is -2.12. The molecule has 0 spiro atoms. The maximum atomic E-state index is 5.00. The van der Waals surface area contributed by atoms with Gasteiger partial charge in [0, 0.05) is 46.2 Å². The average Bonchev–Trinajstić information content (AvgIpc) is 2.43. The molecule has 5 heteroatoms. The van der Waals surface area contributed by atoms with E-state index in [1.165, 1.54) is 11.1 Å². The molecular weight excluding hydrogens is 240 g/mol. The number of guanidine groups is 1. The number of ether oxygens (including phenoxy) is 1. The van der Waals surface area contributed by atoms with Crippen LogP contribution in [0.15, 0.2) is 23.5 Å². The summed E-state index contributed by atoms with van der Waals surface area (Å²) in [4.78, 5) is 8.27. The number of rotatable bonds is 7. The predicted octanol–water partition coefficient (Wildman–Crippen LogP) is 1.13. The van der Waals surface area contributed by atoms with Crippen molar-refractivity contribution in [2.24, 2.45) is 4.99 Å². The number of aryl methyl sites for hydroxylation is 1. The summed E-state index contributed by atoms with van der Waals surface area (Å²) in [6, 6.07) is 2.06. The molecule has 0 unspecified atom stereocenters. The molecule has 19 heavy (non-hydrogen) atoms. The van der Waals surface area contributed by atoms with Crippen molar-refractivity contribution in [3.8, 4) is 0 Å². The molecule has 0 aromatic carbocycles. The molecule has 0 bridgehead atoms. The van der Waals surface area contributed by atoms with E-state index in [1.54, 1.807) is 14.2 Å². The quantitative estimate of drug-likeness (QED) is 0.440. The average molecular weight is 264 g/mol. The molecule has 0 saturated carbocycles. The Kier molecular flexibility index (Phi) is 7.58. The van der Waals surface area contributed by atoms with Crippen LogP contribution in [0.3, 0.4) is 0 Å². The number of hydrogen-bond donors (Lipinski definition) is 2. The van der Waals surface area contributed by atoms with Gasteiger partial charge in [0.2, 0.25) is 0 Å².